The second-order valence-electron chi connectivity index (χ2n) is 11.4. The number of nitrogens with zero attached hydrogens (tertiary/aromatic N) is 5. The van der Waals surface area contributed by atoms with Crippen LogP contribution < -0.4 is 0 Å². The fraction of sp³-hybridized carbons (Fsp3) is 0.448. The number of fused-ring (bicyclic) bond motifs is 2. The number of sulfonamides is 1. The molecular formula is C29H35N5O7S. The Labute approximate surface area is 244 Å². The average Bonchev–Trinajstić information content (AvgIpc) is 3.54. The van der Waals surface area contributed by atoms with E-state index in [-0.39, 0.29) is 17.4 Å². The first-order chi connectivity index (χ1) is 19.9. The number of ether oxygens (including phenoxy) is 3. The summed E-state index contributed by atoms with van der Waals surface area (Å²) in [6.07, 6.45) is 6.08. The molecular weight excluding hydrogens is 562 g/mol. The number of aromatic nitrogens is 4. The summed E-state index contributed by atoms with van der Waals surface area (Å²) in [5, 5.41) is 4.34. The third-order valence-corrected chi connectivity index (χ3v) is 9.40. The first-order valence-corrected chi connectivity index (χ1v) is 15.1. The summed E-state index contributed by atoms with van der Waals surface area (Å²) in [5.74, 6) is -1.07. The van der Waals surface area contributed by atoms with E-state index in [1.807, 2.05) is 11.6 Å². The molecule has 0 amide bonds. The van der Waals surface area contributed by atoms with E-state index in [0.717, 1.165) is 5.52 Å². The minimum absolute atomic E-state index is 0.0362. The summed E-state index contributed by atoms with van der Waals surface area (Å²) in [6, 6.07) is 6.99. The zero-order valence-corrected chi connectivity index (χ0v) is 25.2. The molecule has 1 aliphatic heterocycles. The predicted octanol–water partition coefficient (Wildman–Crippen LogP) is 3.32. The smallest absolute Gasteiger partial charge is 0.314 e. The van der Waals surface area contributed by atoms with Crippen molar-refractivity contribution in [3.63, 3.8) is 0 Å². The van der Waals surface area contributed by atoms with Gasteiger partial charge in [0.15, 0.2) is 0 Å². The van der Waals surface area contributed by atoms with E-state index in [2.05, 4.69) is 10.1 Å². The highest BCUT2D eigenvalue weighted by Gasteiger charge is 2.33. The van der Waals surface area contributed by atoms with E-state index in [9.17, 15) is 18.0 Å². The van der Waals surface area contributed by atoms with Crippen molar-refractivity contribution < 1.29 is 32.2 Å². The first-order valence-electron chi connectivity index (χ1n) is 13.7. The number of imidazole rings is 1. The Kier molecular flexibility index (Phi) is 8.10. The van der Waals surface area contributed by atoms with Crippen LogP contribution in [0, 0.1) is 5.41 Å². The van der Waals surface area contributed by atoms with Gasteiger partial charge in [0.1, 0.15) is 0 Å². The quantitative estimate of drug-likeness (QED) is 0.221. The lowest BCUT2D eigenvalue weighted by molar-refractivity contribution is -0.172. The van der Waals surface area contributed by atoms with Gasteiger partial charge in [0.2, 0.25) is 16.8 Å². The molecule has 4 aromatic rings. The second kappa shape index (κ2) is 11.5. The molecule has 5 rings (SSSR count). The lowest BCUT2D eigenvalue weighted by Crippen LogP contribution is -2.40. The van der Waals surface area contributed by atoms with Gasteiger partial charge in [-0.25, -0.2) is 17.9 Å². The molecule has 0 spiro atoms. The fourth-order valence-electron chi connectivity index (χ4n) is 5.02. The van der Waals surface area contributed by atoms with Gasteiger partial charge >= 0.3 is 11.9 Å². The maximum absolute atomic E-state index is 14.0. The molecule has 12 nitrogen and oxygen atoms in total. The van der Waals surface area contributed by atoms with Crippen LogP contribution in [0.1, 0.15) is 39.2 Å². The normalized spacial score (nSPS) is 15.4. The zero-order chi connectivity index (χ0) is 30.2. The SMILES string of the molecule is COC1CCN(S(=O)(=O)c2ccc3c(ncn3C)c2-c2ccn3ncc(CC(=O)OCOC(=O)C(C)(C)C)c3c2)CC1. The van der Waals surface area contributed by atoms with Crippen molar-refractivity contribution in [3.05, 3.63) is 48.5 Å². The van der Waals surface area contributed by atoms with E-state index < -0.39 is 34.2 Å². The van der Waals surface area contributed by atoms with E-state index in [4.69, 9.17) is 14.2 Å². The van der Waals surface area contributed by atoms with Crippen LogP contribution in [0.2, 0.25) is 0 Å². The minimum atomic E-state index is -3.86. The molecule has 1 aromatic carbocycles. The molecule has 1 saturated heterocycles. The third kappa shape index (κ3) is 5.76. The van der Waals surface area contributed by atoms with Crippen LogP contribution in [-0.4, -0.2) is 76.9 Å². The molecule has 1 fully saturated rings. The first kappa shape index (κ1) is 29.7. The summed E-state index contributed by atoms with van der Waals surface area (Å²) in [6.45, 7) is 5.36. The van der Waals surface area contributed by atoms with Crippen LogP contribution in [0.3, 0.4) is 0 Å². The van der Waals surface area contributed by atoms with Gasteiger partial charge in [-0.2, -0.15) is 9.40 Å². The maximum Gasteiger partial charge on any atom is 0.314 e. The van der Waals surface area contributed by atoms with Crippen molar-refractivity contribution in [2.75, 3.05) is 27.0 Å². The number of benzene rings is 1. The topological polar surface area (TPSA) is 134 Å². The minimum Gasteiger partial charge on any atom is -0.428 e. The highest BCUT2D eigenvalue weighted by molar-refractivity contribution is 7.89. The number of hydrogen-bond acceptors (Lipinski definition) is 9. The van der Waals surface area contributed by atoms with Crippen molar-refractivity contribution in [2.45, 2.75) is 51.0 Å². The Morgan fingerprint density at radius 3 is 2.50 bits per heavy atom. The molecule has 1 aliphatic rings. The van der Waals surface area contributed by atoms with Crippen LogP contribution in [-0.2, 0) is 47.3 Å². The van der Waals surface area contributed by atoms with Gasteiger partial charge in [-0.3, -0.25) is 9.59 Å². The highest BCUT2D eigenvalue weighted by atomic mass is 32.2. The van der Waals surface area contributed by atoms with Crippen LogP contribution in [0.25, 0.3) is 27.7 Å². The van der Waals surface area contributed by atoms with E-state index in [0.29, 0.717) is 53.7 Å². The third-order valence-electron chi connectivity index (χ3n) is 7.46. The molecule has 4 heterocycles. The van der Waals surface area contributed by atoms with E-state index in [1.54, 1.807) is 75.4 Å². The van der Waals surface area contributed by atoms with Gasteiger partial charge in [-0.05, 0) is 63.4 Å². The number of carbonyl (C=O) groups is 2. The lowest BCUT2D eigenvalue weighted by atomic mass is 9.98. The molecule has 0 bridgehead atoms. The molecule has 0 unspecified atom stereocenters. The average molecular weight is 598 g/mol. The molecule has 42 heavy (non-hydrogen) atoms. The summed E-state index contributed by atoms with van der Waals surface area (Å²) in [7, 11) is -0.365. The monoisotopic (exact) mass is 597 g/mol. The van der Waals surface area contributed by atoms with Crippen molar-refractivity contribution in [1.29, 1.82) is 0 Å². The van der Waals surface area contributed by atoms with Crippen LogP contribution in [0.4, 0.5) is 0 Å². The van der Waals surface area contributed by atoms with Crippen molar-refractivity contribution in [3.8, 4) is 11.1 Å². The Balaban J connectivity index is 1.48. The standard InChI is InChI=1S/C29H35N5O7S/c1-29(2,3)28(36)41-18-40-25(35)15-20-16-31-34-13-8-19(14-23(20)34)26-24(7-6-22-27(26)30-17-32(22)4)42(37,38)33-11-9-21(39-5)10-12-33/h6-8,13-14,16-17,21H,9-12,15,18H2,1-5H3. The molecule has 0 radical (unpaired) electrons. The molecule has 13 heteroatoms. The van der Waals surface area contributed by atoms with Gasteiger partial charge in [-0.15, -0.1) is 0 Å². The second-order valence-corrected chi connectivity index (χ2v) is 13.3. The summed E-state index contributed by atoms with van der Waals surface area (Å²) in [5.41, 5.74) is 2.89. The predicted molar refractivity (Wildman–Crippen MR) is 154 cm³/mol. The van der Waals surface area contributed by atoms with E-state index >= 15 is 0 Å². The molecule has 0 atom stereocenters. The molecule has 0 aliphatic carbocycles. The maximum atomic E-state index is 14.0. The zero-order valence-electron chi connectivity index (χ0n) is 24.4. The number of rotatable bonds is 8. The molecule has 0 saturated carbocycles. The Morgan fingerprint density at radius 1 is 1.07 bits per heavy atom. The van der Waals surface area contributed by atoms with Gasteiger partial charge in [0, 0.05) is 44.6 Å². The summed E-state index contributed by atoms with van der Waals surface area (Å²) in [4.78, 5) is 29.2. The number of esters is 2. The van der Waals surface area contributed by atoms with Crippen molar-refractivity contribution in [1.82, 2.24) is 23.5 Å². The highest BCUT2D eigenvalue weighted by Crippen LogP contribution is 2.37. The Morgan fingerprint density at radius 2 is 1.81 bits per heavy atom. The molecule has 3 aromatic heterocycles. The summed E-state index contributed by atoms with van der Waals surface area (Å²) < 4.78 is 48.5. The number of methoxy groups -OCH3 is 1. The molecule has 0 N–H and O–H groups in total. The summed E-state index contributed by atoms with van der Waals surface area (Å²) >= 11 is 0. The number of aryl methyl sites for hydroxylation is 1. The van der Waals surface area contributed by atoms with Crippen LogP contribution in [0.15, 0.2) is 47.9 Å². The van der Waals surface area contributed by atoms with Crippen molar-refractivity contribution in [2.24, 2.45) is 12.5 Å². The lowest BCUT2D eigenvalue weighted by Gasteiger charge is -2.31. The largest absolute Gasteiger partial charge is 0.428 e. The Hall–Kier alpha value is -3.81. The van der Waals surface area contributed by atoms with E-state index in [1.165, 1.54) is 4.31 Å². The number of hydrogen-bond donors (Lipinski definition) is 0. The van der Waals surface area contributed by atoms with Crippen molar-refractivity contribution >= 4 is 38.5 Å². The molecule has 224 valence electrons. The van der Waals surface area contributed by atoms with Gasteiger partial charge in [0.25, 0.3) is 0 Å². The number of piperidine rings is 1. The van der Waals surface area contributed by atoms with Crippen LogP contribution in [0.5, 0.6) is 0 Å². The van der Waals surface area contributed by atoms with Crippen LogP contribution >= 0.6 is 0 Å². The number of pyridine rings is 1. The fourth-order valence-corrected chi connectivity index (χ4v) is 6.70. The van der Waals surface area contributed by atoms with Gasteiger partial charge in [-0.1, -0.05) is 0 Å². The Bertz CT molecular complexity index is 1750. The van der Waals surface area contributed by atoms with Gasteiger partial charge < -0.3 is 18.8 Å². The van der Waals surface area contributed by atoms with Gasteiger partial charge in [0.05, 0.1) is 51.9 Å². The number of carbonyl (C=O) groups excluding carboxylic acids is 2.